The third kappa shape index (κ3) is 3.50. The van der Waals surface area contributed by atoms with Crippen LogP contribution in [0.4, 0.5) is 13.2 Å². The van der Waals surface area contributed by atoms with Crippen LogP contribution < -0.4 is 0 Å². The smallest absolute Gasteiger partial charge is 0.465 e. The van der Waals surface area contributed by atoms with Gasteiger partial charge in [0.25, 0.3) is 0 Å². The van der Waals surface area contributed by atoms with Gasteiger partial charge >= 0.3 is 21.6 Å². The van der Waals surface area contributed by atoms with E-state index >= 15 is 0 Å². The van der Waals surface area contributed by atoms with Gasteiger partial charge in [-0.25, -0.2) is 4.79 Å². The van der Waals surface area contributed by atoms with E-state index in [4.69, 9.17) is 0 Å². The molecule has 0 saturated carbocycles. The van der Waals surface area contributed by atoms with Gasteiger partial charge in [0.05, 0.1) is 12.7 Å². The largest absolute Gasteiger partial charge is 0.534 e. The Bertz CT molecular complexity index is 616. The van der Waals surface area contributed by atoms with Crippen molar-refractivity contribution in [1.82, 2.24) is 0 Å². The molecular formula is C11H9F3O5S. The minimum Gasteiger partial charge on any atom is -0.465 e. The number of halogens is 3. The minimum absolute atomic E-state index is 0.0227. The second-order valence-electron chi connectivity index (χ2n) is 3.48. The molecule has 0 fully saturated rings. The summed E-state index contributed by atoms with van der Waals surface area (Å²) in [6.07, 6.45) is 0. The van der Waals surface area contributed by atoms with Crippen LogP contribution in [-0.4, -0.2) is 27.0 Å². The maximum Gasteiger partial charge on any atom is 0.534 e. The average Bonchev–Trinajstić information content (AvgIpc) is 2.36. The number of hydrogen-bond acceptors (Lipinski definition) is 5. The van der Waals surface area contributed by atoms with Crippen molar-refractivity contribution in [2.24, 2.45) is 0 Å². The van der Waals surface area contributed by atoms with Crippen molar-refractivity contribution in [3.63, 3.8) is 0 Å². The van der Waals surface area contributed by atoms with Gasteiger partial charge in [0.1, 0.15) is 5.76 Å². The summed E-state index contributed by atoms with van der Waals surface area (Å²) in [4.78, 5) is 11.1. The van der Waals surface area contributed by atoms with Crippen LogP contribution in [0.5, 0.6) is 0 Å². The van der Waals surface area contributed by atoms with Crippen LogP contribution >= 0.6 is 0 Å². The number of rotatable bonds is 4. The number of alkyl halides is 3. The van der Waals surface area contributed by atoms with Gasteiger partial charge in [0, 0.05) is 5.56 Å². The van der Waals surface area contributed by atoms with Gasteiger partial charge in [-0.05, 0) is 12.1 Å². The monoisotopic (exact) mass is 310 g/mol. The molecule has 0 N–H and O–H groups in total. The van der Waals surface area contributed by atoms with Crippen molar-refractivity contribution in [2.75, 3.05) is 7.11 Å². The summed E-state index contributed by atoms with van der Waals surface area (Å²) in [5.74, 6) is -1.36. The highest BCUT2D eigenvalue weighted by molar-refractivity contribution is 7.87. The highest BCUT2D eigenvalue weighted by atomic mass is 32.2. The number of benzene rings is 1. The molecule has 0 aliphatic carbocycles. The van der Waals surface area contributed by atoms with Crippen molar-refractivity contribution < 1.29 is 35.3 Å². The zero-order chi connectivity index (χ0) is 15.6. The molecule has 0 unspecified atom stereocenters. The van der Waals surface area contributed by atoms with Gasteiger partial charge < -0.3 is 8.92 Å². The maximum atomic E-state index is 12.1. The van der Waals surface area contributed by atoms with Crippen LogP contribution in [0.3, 0.4) is 0 Å². The fourth-order valence-electron chi connectivity index (χ4n) is 1.14. The van der Waals surface area contributed by atoms with E-state index in [-0.39, 0.29) is 11.1 Å². The summed E-state index contributed by atoms with van der Waals surface area (Å²) in [5.41, 5.74) is -5.42. The van der Waals surface area contributed by atoms with Gasteiger partial charge in [0.2, 0.25) is 0 Å². The Morgan fingerprint density at radius 1 is 1.15 bits per heavy atom. The first kappa shape index (κ1) is 16.0. The van der Waals surface area contributed by atoms with Gasteiger partial charge in [0.15, 0.2) is 0 Å². The zero-order valence-electron chi connectivity index (χ0n) is 10.1. The summed E-state index contributed by atoms with van der Waals surface area (Å²) in [6, 6.07) is 4.83. The molecule has 0 saturated heterocycles. The van der Waals surface area contributed by atoms with Crippen LogP contribution in [0.2, 0.25) is 0 Å². The van der Waals surface area contributed by atoms with Crippen LogP contribution in [0.1, 0.15) is 15.9 Å². The highest BCUT2D eigenvalue weighted by Gasteiger charge is 2.48. The number of carbonyl (C=O) groups excluding carboxylic acids is 1. The first-order valence-electron chi connectivity index (χ1n) is 4.97. The van der Waals surface area contributed by atoms with E-state index < -0.39 is 27.4 Å². The lowest BCUT2D eigenvalue weighted by atomic mass is 10.1. The van der Waals surface area contributed by atoms with E-state index in [0.717, 1.165) is 7.11 Å². The van der Waals surface area contributed by atoms with E-state index in [2.05, 4.69) is 15.5 Å². The molecule has 0 aliphatic heterocycles. The Hall–Kier alpha value is -2.03. The molecule has 5 nitrogen and oxygen atoms in total. The summed E-state index contributed by atoms with van der Waals surface area (Å²) in [7, 11) is -4.61. The van der Waals surface area contributed by atoms with E-state index in [1.807, 2.05) is 0 Å². The molecule has 0 spiro atoms. The molecule has 0 radical (unpaired) electrons. The van der Waals surface area contributed by atoms with Crippen LogP contribution in [0.15, 0.2) is 30.8 Å². The normalized spacial score (nSPS) is 11.8. The summed E-state index contributed by atoms with van der Waals surface area (Å²) < 4.78 is 66.2. The van der Waals surface area contributed by atoms with Gasteiger partial charge in [-0.1, -0.05) is 18.7 Å². The third-order valence-electron chi connectivity index (χ3n) is 2.12. The van der Waals surface area contributed by atoms with Crippen molar-refractivity contribution in [3.8, 4) is 0 Å². The first-order chi connectivity index (χ1) is 9.08. The summed E-state index contributed by atoms with van der Waals surface area (Å²) in [5, 5.41) is 0. The Balaban J connectivity index is 2.92. The lowest BCUT2D eigenvalue weighted by Gasteiger charge is -2.11. The Kier molecular flexibility index (Phi) is 4.43. The second-order valence-corrected chi connectivity index (χ2v) is 5.01. The van der Waals surface area contributed by atoms with Crippen molar-refractivity contribution in [1.29, 1.82) is 0 Å². The second kappa shape index (κ2) is 5.53. The molecule has 0 amide bonds. The number of ether oxygens (including phenoxy) is 1. The molecule has 1 rings (SSSR count). The predicted molar refractivity (Wildman–Crippen MR) is 62.9 cm³/mol. The number of hydrogen-bond donors (Lipinski definition) is 0. The third-order valence-corrected chi connectivity index (χ3v) is 3.11. The fourth-order valence-corrected chi connectivity index (χ4v) is 1.59. The van der Waals surface area contributed by atoms with Crippen LogP contribution in [-0.2, 0) is 19.0 Å². The van der Waals surface area contributed by atoms with Gasteiger partial charge in [-0.3, -0.25) is 0 Å². The van der Waals surface area contributed by atoms with E-state index in [9.17, 15) is 26.4 Å². The lowest BCUT2D eigenvalue weighted by Crippen LogP contribution is -2.24. The molecule has 20 heavy (non-hydrogen) atoms. The molecule has 9 heteroatoms. The van der Waals surface area contributed by atoms with Crippen molar-refractivity contribution >= 4 is 21.8 Å². The fraction of sp³-hybridized carbons (Fsp3) is 0.182. The Morgan fingerprint density at radius 3 is 2.00 bits per heavy atom. The molecule has 0 bridgehead atoms. The van der Waals surface area contributed by atoms with Crippen molar-refractivity contribution in [2.45, 2.75) is 5.51 Å². The number of methoxy groups -OCH3 is 1. The van der Waals surface area contributed by atoms with Crippen LogP contribution in [0.25, 0.3) is 5.76 Å². The molecule has 0 heterocycles. The topological polar surface area (TPSA) is 69.7 Å². The minimum atomic E-state index is -5.77. The molecule has 1 aromatic rings. The number of carbonyl (C=O) groups is 1. The summed E-state index contributed by atoms with van der Waals surface area (Å²) >= 11 is 0. The van der Waals surface area contributed by atoms with Crippen LogP contribution in [0, 0.1) is 0 Å². The van der Waals surface area contributed by atoms with E-state index in [1.165, 1.54) is 24.3 Å². The van der Waals surface area contributed by atoms with E-state index in [0.29, 0.717) is 0 Å². The van der Waals surface area contributed by atoms with Crippen molar-refractivity contribution in [3.05, 3.63) is 42.0 Å². The lowest BCUT2D eigenvalue weighted by molar-refractivity contribution is -0.0509. The average molecular weight is 310 g/mol. The molecule has 0 aliphatic rings. The first-order valence-corrected chi connectivity index (χ1v) is 6.37. The van der Waals surface area contributed by atoms with Gasteiger partial charge in [-0.15, -0.1) is 0 Å². The molecule has 1 aromatic carbocycles. The standard InChI is InChI=1S/C11H9F3O5S/c1-7(19-20(16,17)11(12,13)14)8-3-5-9(6-4-8)10(15)18-2/h3-6H,1H2,2H3. The quantitative estimate of drug-likeness (QED) is 0.369. The van der Waals surface area contributed by atoms with Gasteiger partial charge in [-0.2, -0.15) is 21.6 Å². The SMILES string of the molecule is C=C(OS(=O)(=O)C(F)(F)F)c1ccc(C(=O)OC)cc1. The Labute approximate surface area is 112 Å². The summed E-state index contributed by atoms with van der Waals surface area (Å²) in [6.45, 7) is 3.10. The zero-order valence-corrected chi connectivity index (χ0v) is 10.9. The maximum absolute atomic E-state index is 12.1. The van der Waals surface area contributed by atoms with E-state index in [1.54, 1.807) is 0 Å². The number of esters is 1. The predicted octanol–water partition coefficient (Wildman–Crippen LogP) is 2.31. The molecule has 110 valence electrons. The highest BCUT2D eigenvalue weighted by Crippen LogP contribution is 2.29. The Morgan fingerprint density at radius 2 is 1.60 bits per heavy atom. The molecule has 0 aromatic heterocycles. The molecular weight excluding hydrogens is 301 g/mol. The molecule has 0 atom stereocenters.